The third kappa shape index (κ3) is 6.34. The van der Waals surface area contributed by atoms with E-state index in [-0.39, 0.29) is 17.6 Å². The Morgan fingerprint density at radius 3 is 2.37 bits per heavy atom. The van der Waals surface area contributed by atoms with Gasteiger partial charge in [0.2, 0.25) is 5.91 Å². The molecule has 0 bridgehead atoms. The molecule has 0 aliphatic rings. The second kappa shape index (κ2) is 12.7. The first kappa shape index (κ1) is 28.0. The number of aromatic nitrogens is 3. The maximum Gasteiger partial charge on any atom is 0.234 e. The predicted octanol–water partition coefficient (Wildman–Crippen LogP) is 7.94. The highest BCUT2D eigenvalue weighted by molar-refractivity contribution is 7.99. The summed E-state index contributed by atoms with van der Waals surface area (Å²) in [6.45, 7) is 10.4. The quantitative estimate of drug-likeness (QED) is 0.197. The SMILES string of the molecule is CCN(CC)c1ccc(NC(=O)CSc2nnc(-c3ccc(Cl)cc3Cl)n2-c2ccccc2C(C)C)cc1. The van der Waals surface area contributed by atoms with Gasteiger partial charge in [0, 0.05) is 35.1 Å². The Balaban J connectivity index is 1.60. The molecule has 198 valence electrons. The zero-order chi connectivity index (χ0) is 27.2. The van der Waals surface area contributed by atoms with Crippen molar-refractivity contribution in [3.05, 3.63) is 82.3 Å². The molecular formula is C29H31Cl2N5OS. The fourth-order valence-corrected chi connectivity index (χ4v) is 5.51. The van der Waals surface area contributed by atoms with Gasteiger partial charge in [-0.05, 0) is 73.9 Å². The van der Waals surface area contributed by atoms with Gasteiger partial charge < -0.3 is 10.2 Å². The minimum atomic E-state index is -0.122. The van der Waals surface area contributed by atoms with E-state index in [1.165, 1.54) is 11.8 Å². The number of anilines is 2. The van der Waals surface area contributed by atoms with Gasteiger partial charge in [0.1, 0.15) is 0 Å². The lowest BCUT2D eigenvalue weighted by molar-refractivity contribution is -0.113. The van der Waals surface area contributed by atoms with Crippen LogP contribution in [-0.2, 0) is 4.79 Å². The van der Waals surface area contributed by atoms with Crippen LogP contribution in [0.3, 0.4) is 0 Å². The molecule has 0 aliphatic heterocycles. The Morgan fingerprint density at radius 1 is 1.00 bits per heavy atom. The van der Waals surface area contributed by atoms with Crippen molar-refractivity contribution >= 4 is 52.2 Å². The molecular weight excluding hydrogens is 537 g/mol. The van der Waals surface area contributed by atoms with Crippen molar-refractivity contribution < 1.29 is 4.79 Å². The molecule has 38 heavy (non-hydrogen) atoms. The maximum atomic E-state index is 12.9. The number of halogens is 2. The normalized spacial score (nSPS) is 11.1. The van der Waals surface area contributed by atoms with Crippen LogP contribution < -0.4 is 10.2 Å². The van der Waals surface area contributed by atoms with Gasteiger partial charge in [0.25, 0.3) is 0 Å². The van der Waals surface area contributed by atoms with E-state index in [4.69, 9.17) is 23.2 Å². The second-order valence-corrected chi connectivity index (χ2v) is 10.8. The lowest BCUT2D eigenvalue weighted by Gasteiger charge is -2.21. The van der Waals surface area contributed by atoms with Gasteiger partial charge in [-0.2, -0.15) is 0 Å². The van der Waals surface area contributed by atoms with Gasteiger partial charge >= 0.3 is 0 Å². The summed E-state index contributed by atoms with van der Waals surface area (Å²) in [6, 6.07) is 21.3. The Bertz CT molecular complexity index is 1400. The molecule has 1 amide bonds. The van der Waals surface area contributed by atoms with E-state index in [2.05, 4.69) is 54.2 Å². The number of nitrogens with zero attached hydrogens (tertiary/aromatic N) is 4. The average Bonchev–Trinajstić information content (AvgIpc) is 3.32. The first-order chi connectivity index (χ1) is 18.3. The van der Waals surface area contributed by atoms with Crippen LogP contribution >= 0.6 is 35.0 Å². The number of hydrogen-bond donors (Lipinski definition) is 1. The largest absolute Gasteiger partial charge is 0.372 e. The van der Waals surface area contributed by atoms with Crippen LogP contribution in [0, 0.1) is 0 Å². The number of thioether (sulfide) groups is 1. The molecule has 0 atom stereocenters. The number of nitrogens with one attached hydrogen (secondary N) is 1. The summed E-state index contributed by atoms with van der Waals surface area (Å²) < 4.78 is 1.97. The van der Waals surface area contributed by atoms with Crippen molar-refractivity contribution in [2.24, 2.45) is 0 Å². The summed E-state index contributed by atoms with van der Waals surface area (Å²) in [5.41, 5.74) is 4.69. The first-order valence-corrected chi connectivity index (χ1v) is 14.3. The highest BCUT2D eigenvalue weighted by Crippen LogP contribution is 2.35. The third-order valence-corrected chi connectivity index (χ3v) is 7.69. The lowest BCUT2D eigenvalue weighted by atomic mass is 10.0. The van der Waals surface area contributed by atoms with Crippen LogP contribution in [0.2, 0.25) is 10.0 Å². The fourth-order valence-electron chi connectivity index (χ4n) is 4.28. The second-order valence-electron chi connectivity index (χ2n) is 9.04. The summed E-state index contributed by atoms with van der Waals surface area (Å²) in [4.78, 5) is 15.1. The van der Waals surface area contributed by atoms with E-state index in [1.807, 2.05) is 53.1 Å². The number of carbonyl (C=O) groups excluding carboxylic acids is 1. The average molecular weight is 569 g/mol. The van der Waals surface area contributed by atoms with Crippen LogP contribution in [0.25, 0.3) is 17.1 Å². The monoisotopic (exact) mass is 567 g/mol. The molecule has 6 nitrogen and oxygen atoms in total. The van der Waals surface area contributed by atoms with E-state index in [9.17, 15) is 4.79 Å². The summed E-state index contributed by atoms with van der Waals surface area (Å²) in [5, 5.41) is 13.6. The zero-order valence-electron chi connectivity index (χ0n) is 21.9. The van der Waals surface area contributed by atoms with Gasteiger partial charge in [0.05, 0.1) is 16.5 Å². The number of para-hydroxylation sites is 1. The van der Waals surface area contributed by atoms with Gasteiger partial charge in [-0.15, -0.1) is 10.2 Å². The van der Waals surface area contributed by atoms with Crippen LogP contribution in [0.4, 0.5) is 11.4 Å². The molecule has 3 aromatic carbocycles. The van der Waals surface area contributed by atoms with Crippen LogP contribution in [0.5, 0.6) is 0 Å². The third-order valence-electron chi connectivity index (χ3n) is 6.22. The van der Waals surface area contributed by atoms with Crippen molar-refractivity contribution in [2.45, 2.75) is 38.8 Å². The molecule has 1 aromatic heterocycles. The summed E-state index contributed by atoms with van der Waals surface area (Å²) in [7, 11) is 0. The molecule has 1 N–H and O–H groups in total. The van der Waals surface area contributed by atoms with Gasteiger partial charge in [0.15, 0.2) is 11.0 Å². The van der Waals surface area contributed by atoms with Crippen LogP contribution in [0.15, 0.2) is 71.9 Å². The number of amides is 1. The predicted molar refractivity (Wildman–Crippen MR) is 160 cm³/mol. The molecule has 0 unspecified atom stereocenters. The summed E-state index contributed by atoms with van der Waals surface area (Å²) in [5.74, 6) is 0.911. The maximum absolute atomic E-state index is 12.9. The fraction of sp³-hybridized carbons (Fsp3) is 0.276. The number of benzene rings is 3. The van der Waals surface area contributed by atoms with E-state index in [0.717, 1.165) is 35.7 Å². The van der Waals surface area contributed by atoms with Gasteiger partial charge in [-0.25, -0.2) is 0 Å². The van der Waals surface area contributed by atoms with E-state index in [1.54, 1.807) is 12.1 Å². The van der Waals surface area contributed by atoms with E-state index < -0.39 is 0 Å². The summed E-state index contributed by atoms with van der Waals surface area (Å²) in [6.07, 6.45) is 0. The molecule has 4 rings (SSSR count). The molecule has 0 radical (unpaired) electrons. The number of rotatable bonds is 10. The van der Waals surface area contributed by atoms with Gasteiger partial charge in [-0.1, -0.05) is 67.0 Å². The van der Waals surface area contributed by atoms with Crippen molar-refractivity contribution in [3.8, 4) is 17.1 Å². The highest BCUT2D eigenvalue weighted by atomic mass is 35.5. The zero-order valence-corrected chi connectivity index (χ0v) is 24.2. The molecule has 9 heteroatoms. The number of carbonyl (C=O) groups is 1. The molecule has 0 aliphatic carbocycles. The number of hydrogen-bond acceptors (Lipinski definition) is 5. The topological polar surface area (TPSA) is 63.1 Å². The Hall–Kier alpha value is -3.00. The molecule has 0 saturated heterocycles. The first-order valence-electron chi connectivity index (χ1n) is 12.6. The van der Waals surface area contributed by atoms with E-state index in [0.29, 0.717) is 26.6 Å². The molecule has 0 saturated carbocycles. The molecule has 4 aromatic rings. The molecule has 1 heterocycles. The van der Waals surface area contributed by atoms with Crippen molar-refractivity contribution in [1.29, 1.82) is 0 Å². The van der Waals surface area contributed by atoms with Gasteiger partial charge in [-0.3, -0.25) is 9.36 Å². The van der Waals surface area contributed by atoms with Crippen molar-refractivity contribution in [2.75, 3.05) is 29.1 Å². The van der Waals surface area contributed by atoms with E-state index >= 15 is 0 Å². The Morgan fingerprint density at radius 2 is 1.71 bits per heavy atom. The van der Waals surface area contributed by atoms with Crippen LogP contribution in [-0.4, -0.2) is 39.5 Å². The molecule has 0 spiro atoms. The Kier molecular flexibility index (Phi) is 9.36. The lowest BCUT2D eigenvalue weighted by Crippen LogP contribution is -2.21. The minimum absolute atomic E-state index is 0.122. The smallest absolute Gasteiger partial charge is 0.234 e. The minimum Gasteiger partial charge on any atom is -0.372 e. The standard InChI is InChI=1S/C29H31Cl2N5OS/c1-5-35(6-2)22-14-12-21(13-15-22)32-27(37)18-38-29-34-33-28(24-16-11-20(30)17-25(24)31)36(29)26-10-8-7-9-23(26)19(3)4/h7-17,19H,5-6,18H2,1-4H3,(H,32,37). The summed E-state index contributed by atoms with van der Waals surface area (Å²) >= 11 is 14.0. The van der Waals surface area contributed by atoms with Crippen molar-refractivity contribution in [3.63, 3.8) is 0 Å². The highest BCUT2D eigenvalue weighted by Gasteiger charge is 2.22. The van der Waals surface area contributed by atoms with Crippen LogP contribution in [0.1, 0.15) is 39.2 Å². The Labute approximate surface area is 238 Å². The molecule has 0 fully saturated rings. The van der Waals surface area contributed by atoms with Crippen molar-refractivity contribution in [1.82, 2.24) is 14.8 Å².